The number of hydrogen-bond donors (Lipinski definition) is 1. The SMILES string of the molecule is CC(C)(C)OC(=O)N1CCC1([SiH3])CO. The van der Waals surface area contributed by atoms with Crippen LogP contribution in [0.2, 0.25) is 0 Å². The first kappa shape index (κ1) is 11.5. The molecule has 1 aliphatic heterocycles. The fraction of sp³-hybridized carbons (Fsp3) is 0.889. The normalized spacial score (nSPS) is 27.3. The third kappa shape index (κ3) is 2.27. The van der Waals surface area contributed by atoms with Crippen LogP contribution in [0, 0.1) is 0 Å². The molecule has 1 saturated heterocycles. The molecule has 1 rings (SSSR count). The first-order valence-electron chi connectivity index (χ1n) is 4.90. The predicted octanol–water partition coefficient (Wildman–Crippen LogP) is -0.319. The van der Waals surface area contributed by atoms with Gasteiger partial charge in [0.15, 0.2) is 0 Å². The van der Waals surface area contributed by atoms with Crippen molar-refractivity contribution < 1.29 is 14.6 Å². The summed E-state index contributed by atoms with van der Waals surface area (Å²) in [6.07, 6.45) is 0.599. The van der Waals surface area contributed by atoms with Crippen molar-refractivity contribution in [1.29, 1.82) is 0 Å². The average molecular weight is 217 g/mol. The summed E-state index contributed by atoms with van der Waals surface area (Å²) in [6, 6.07) is 0. The van der Waals surface area contributed by atoms with Crippen LogP contribution in [-0.2, 0) is 4.74 Å². The van der Waals surface area contributed by atoms with Gasteiger partial charge in [-0.15, -0.1) is 0 Å². The summed E-state index contributed by atoms with van der Waals surface area (Å²) in [4.78, 5) is 13.3. The lowest BCUT2D eigenvalue weighted by molar-refractivity contribution is -0.0313. The van der Waals surface area contributed by atoms with Crippen LogP contribution in [0.4, 0.5) is 4.79 Å². The Kier molecular flexibility index (Phi) is 2.92. The van der Waals surface area contributed by atoms with Crippen LogP contribution < -0.4 is 0 Å². The quantitative estimate of drug-likeness (QED) is 0.613. The summed E-state index contributed by atoms with van der Waals surface area (Å²) < 4.78 is 5.24. The largest absolute Gasteiger partial charge is 0.444 e. The molecule has 4 nitrogen and oxygen atoms in total. The summed E-state index contributed by atoms with van der Waals surface area (Å²) in [5.41, 5.74) is -0.454. The zero-order valence-corrected chi connectivity index (χ0v) is 11.3. The molecule has 1 fully saturated rings. The van der Waals surface area contributed by atoms with Crippen molar-refractivity contribution in [3.63, 3.8) is 0 Å². The van der Waals surface area contributed by atoms with Crippen LogP contribution in [0.3, 0.4) is 0 Å². The predicted molar refractivity (Wildman–Crippen MR) is 57.3 cm³/mol. The Hall–Kier alpha value is -0.553. The van der Waals surface area contributed by atoms with E-state index in [1.54, 1.807) is 4.90 Å². The Morgan fingerprint density at radius 2 is 2.21 bits per heavy atom. The van der Waals surface area contributed by atoms with Gasteiger partial charge in [-0.1, -0.05) is 0 Å². The third-order valence-corrected chi connectivity index (χ3v) is 3.84. The van der Waals surface area contributed by atoms with Crippen molar-refractivity contribution in [2.24, 2.45) is 0 Å². The zero-order chi connectivity index (χ0) is 11.0. The van der Waals surface area contributed by atoms with Gasteiger partial charge in [-0.25, -0.2) is 4.79 Å². The van der Waals surface area contributed by atoms with E-state index in [2.05, 4.69) is 0 Å². The lowest BCUT2D eigenvalue weighted by atomic mass is 10.0. The second kappa shape index (κ2) is 3.55. The van der Waals surface area contributed by atoms with Gasteiger partial charge in [0.05, 0.1) is 11.8 Å². The van der Waals surface area contributed by atoms with E-state index in [4.69, 9.17) is 9.84 Å². The molecule has 0 aromatic rings. The smallest absolute Gasteiger partial charge is 0.410 e. The van der Waals surface area contributed by atoms with Gasteiger partial charge in [0.25, 0.3) is 0 Å². The first-order valence-corrected chi connectivity index (χ1v) is 5.90. The lowest BCUT2D eigenvalue weighted by Crippen LogP contribution is -2.65. The van der Waals surface area contributed by atoms with Gasteiger partial charge in [-0.3, -0.25) is 0 Å². The fourth-order valence-corrected chi connectivity index (χ4v) is 2.03. The van der Waals surface area contributed by atoms with Crippen LogP contribution >= 0.6 is 0 Å². The maximum atomic E-state index is 11.6. The molecule has 1 aliphatic rings. The number of hydrogen-bond acceptors (Lipinski definition) is 3. The summed E-state index contributed by atoms with van der Waals surface area (Å²) in [6.45, 7) is 6.30. The number of aliphatic hydroxyl groups excluding tert-OH is 1. The molecule has 82 valence electrons. The second-order valence-corrected chi connectivity index (χ2v) is 6.90. The van der Waals surface area contributed by atoms with Gasteiger partial charge in [-0.05, 0) is 27.2 Å². The number of ether oxygens (including phenoxy) is 1. The van der Waals surface area contributed by atoms with Crippen molar-refractivity contribution in [3.8, 4) is 0 Å². The second-order valence-electron chi connectivity index (χ2n) is 5.04. The fourth-order valence-electron chi connectivity index (χ4n) is 1.40. The summed E-state index contributed by atoms with van der Waals surface area (Å²) >= 11 is 0. The Morgan fingerprint density at radius 3 is 2.50 bits per heavy atom. The number of aliphatic hydroxyl groups is 1. The molecule has 1 amide bonds. The Labute approximate surface area is 87.7 Å². The maximum Gasteiger partial charge on any atom is 0.410 e. The van der Waals surface area contributed by atoms with E-state index in [1.807, 2.05) is 20.8 Å². The highest BCUT2D eigenvalue weighted by atomic mass is 28.1. The molecule has 0 bridgehead atoms. The summed E-state index contributed by atoms with van der Waals surface area (Å²) in [5.74, 6) is 0. The van der Waals surface area contributed by atoms with E-state index in [0.717, 1.165) is 16.7 Å². The van der Waals surface area contributed by atoms with Gasteiger partial charge in [0, 0.05) is 16.8 Å². The van der Waals surface area contributed by atoms with Gasteiger partial charge >= 0.3 is 6.09 Å². The molecule has 5 heteroatoms. The van der Waals surface area contributed by atoms with Crippen molar-refractivity contribution >= 4 is 16.3 Å². The minimum absolute atomic E-state index is 0.0540. The summed E-state index contributed by atoms with van der Waals surface area (Å²) in [5, 5.41) is 8.87. The molecular formula is C9H19NO3Si. The molecule has 1 atom stereocenters. The molecule has 0 aliphatic carbocycles. The van der Waals surface area contributed by atoms with Crippen LogP contribution in [0.15, 0.2) is 0 Å². The molecule has 0 radical (unpaired) electrons. The Morgan fingerprint density at radius 1 is 1.64 bits per heavy atom. The molecule has 0 saturated carbocycles. The number of carbonyl (C=O) groups excluding carboxylic acids is 1. The Balaban J connectivity index is 2.55. The molecule has 0 spiro atoms. The average Bonchev–Trinajstić information content (AvgIpc) is 1.97. The van der Waals surface area contributed by atoms with Crippen LogP contribution in [0.25, 0.3) is 0 Å². The van der Waals surface area contributed by atoms with E-state index in [1.165, 1.54) is 0 Å². The number of nitrogens with zero attached hydrogens (tertiary/aromatic N) is 1. The van der Waals surface area contributed by atoms with Crippen LogP contribution in [-0.4, -0.2) is 50.3 Å². The van der Waals surface area contributed by atoms with Crippen LogP contribution in [0.5, 0.6) is 0 Å². The minimum atomic E-state index is -0.454. The number of carbonyl (C=O) groups is 1. The van der Waals surface area contributed by atoms with E-state index >= 15 is 0 Å². The highest BCUT2D eigenvalue weighted by Gasteiger charge is 2.44. The molecule has 14 heavy (non-hydrogen) atoms. The number of amides is 1. The molecule has 1 heterocycles. The molecule has 1 unspecified atom stereocenters. The standard InChI is InChI=1S/C9H19NO3Si/c1-8(2,3)13-7(12)10-5-4-9(10,14)6-11/h11H,4-6H2,1-3,14H3. The first-order chi connectivity index (χ1) is 6.28. The highest BCUT2D eigenvalue weighted by Crippen LogP contribution is 2.28. The minimum Gasteiger partial charge on any atom is -0.444 e. The lowest BCUT2D eigenvalue weighted by Gasteiger charge is -2.49. The van der Waals surface area contributed by atoms with Gasteiger partial charge in [-0.2, -0.15) is 0 Å². The van der Waals surface area contributed by atoms with E-state index in [-0.39, 0.29) is 17.9 Å². The van der Waals surface area contributed by atoms with Crippen molar-refractivity contribution in [2.75, 3.05) is 13.2 Å². The Bertz CT molecular complexity index is 235. The van der Waals surface area contributed by atoms with E-state index in [9.17, 15) is 4.79 Å². The topological polar surface area (TPSA) is 49.8 Å². The van der Waals surface area contributed by atoms with Gasteiger partial charge in [0.2, 0.25) is 0 Å². The van der Waals surface area contributed by atoms with E-state index in [0.29, 0.717) is 6.54 Å². The third-order valence-electron chi connectivity index (χ3n) is 2.48. The van der Waals surface area contributed by atoms with Crippen molar-refractivity contribution in [2.45, 2.75) is 38.0 Å². The zero-order valence-electron chi connectivity index (χ0n) is 9.33. The van der Waals surface area contributed by atoms with Crippen LogP contribution in [0.1, 0.15) is 27.2 Å². The number of likely N-dealkylation sites (tertiary alicyclic amines) is 1. The molecule has 1 N–H and O–H groups in total. The molecular weight excluding hydrogens is 198 g/mol. The highest BCUT2D eigenvalue weighted by molar-refractivity contribution is 6.17. The van der Waals surface area contributed by atoms with E-state index < -0.39 is 5.60 Å². The monoisotopic (exact) mass is 217 g/mol. The summed E-state index contributed by atoms with van der Waals surface area (Å²) in [7, 11) is 0.784. The number of rotatable bonds is 1. The van der Waals surface area contributed by atoms with Gasteiger partial charge in [0.1, 0.15) is 5.60 Å². The van der Waals surface area contributed by atoms with Crippen molar-refractivity contribution in [3.05, 3.63) is 0 Å². The molecule has 0 aromatic heterocycles. The maximum absolute atomic E-state index is 11.6. The molecule has 0 aromatic carbocycles. The van der Waals surface area contributed by atoms with Crippen molar-refractivity contribution in [1.82, 2.24) is 4.90 Å². The van der Waals surface area contributed by atoms with Gasteiger partial charge < -0.3 is 14.7 Å².